The topological polar surface area (TPSA) is 38.3 Å². The summed E-state index contributed by atoms with van der Waals surface area (Å²) < 4.78 is 4.91. The number of benzene rings is 1. The van der Waals surface area contributed by atoms with Crippen LogP contribution in [0.25, 0.3) is 0 Å². The van der Waals surface area contributed by atoms with Crippen LogP contribution < -0.4 is 5.32 Å². The fraction of sp³-hybridized carbons (Fsp3) is 0.100. The highest BCUT2D eigenvalue weighted by Crippen LogP contribution is 2.12. The maximum atomic E-state index is 11.3. The van der Waals surface area contributed by atoms with Crippen molar-refractivity contribution in [2.75, 3.05) is 11.9 Å². The maximum absolute atomic E-state index is 11.3. The molecule has 3 heteroatoms. The van der Waals surface area contributed by atoms with Crippen LogP contribution >= 0.6 is 0 Å². The van der Waals surface area contributed by atoms with Crippen molar-refractivity contribution >= 4 is 11.6 Å². The summed E-state index contributed by atoms with van der Waals surface area (Å²) >= 11 is 0. The third-order valence-corrected chi connectivity index (χ3v) is 1.76. The average Bonchev–Trinajstić information content (AvgIpc) is 2.02. The summed E-state index contributed by atoms with van der Waals surface area (Å²) in [5, 5.41) is 2.71. The molecule has 1 heterocycles. The van der Waals surface area contributed by atoms with Crippen LogP contribution in [-0.2, 0) is 9.53 Å². The van der Waals surface area contributed by atoms with Gasteiger partial charge in [0.25, 0.3) is 5.91 Å². The van der Waals surface area contributed by atoms with Crippen molar-refractivity contribution in [1.29, 1.82) is 0 Å². The number of nitrogens with one attached hydrogen (secondary N) is 1. The monoisotopic (exact) mass is 175 g/mol. The highest BCUT2D eigenvalue weighted by atomic mass is 16.5. The van der Waals surface area contributed by atoms with Crippen molar-refractivity contribution in [2.45, 2.75) is 0 Å². The first-order valence-corrected chi connectivity index (χ1v) is 4.05. The number of amides is 1. The van der Waals surface area contributed by atoms with Crippen LogP contribution in [0.1, 0.15) is 0 Å². The Morgan fingerprint density at radius 2 is 2.00 bits per heavy atom. The predicted molar refractivity (Wildman–Crippen MR) is 49.1 cm³/mol. The molecule has 13 heavy (non-hydrogen) atoms. The molecule has 0 atom stereocenters. The lowest BCUT2D eigenvalue weighted by molar-refractivity contribution is -0.116. The molecular formula is C10H9NO2. The van der Waals surface area contributed by atoms with Gasteiger partial charge in [-0.2, -0.15) is 0 Å². The molecule has 0 saturated carbocycles. The molecule has 1 aromatic rings. The van der Waals surface area contributed by atoms with Gasteiger partial charge in [-0.25, -0.2) is 0 Å². The van der Waals surface area contributed by atoms with Gasteiger partial charge in [-0.15, -0.1) is 0 Å². The number of hydrogen-bond acceptors (Lipinski definition) is 2. The van der Waals surface area contributed by atoms with Gasteiger partial charge in [-0.3, -0.25) is 4.79 Å². The summed E-state index contributed by atoms with van der Waals surface area (Å²) in [6.07, 6.45) is 1.75. The van der Waals surface area contributed by atoms with Gasteiger partial charge >= 0.3 is 0 Å². The van der Waals surface area contributed by atoms with E-state index in [1.807, 2.05) is 30.3 Å². The Balaban J connectivity index is 2.02. The average molecular weight is 175 g/mol. The number of rotatable bonds is 2. The Labute approximate surface area is 76.0 Å². The van der Waals surface area contributed by atoms with Gasteiger partial charge in [0.1, 0.15) is 6.61 Å². The van der Waals surface area contributed by atoms with Crippen molar-refractivity contribution in [3.05, 3.63) is 42.2 Å². The summed E-state index contributed by atoms with van der Waals surface area (Å²) in [5.41, 5.74) is 0.781. The Morgan fingerprint density at radius 1 is 1.31 bits per heavy atom. The van der Waals surface area contributed by atoms with E-state index in [9.17, 15) is 4.79 Å². The summed E-state index contributed by atoms with van der Waals surface area (Å²) in [5.74, 6) is 0.223. The molecule has 1 aliphatic rings. The SMILES string of the molecule is O=C(Nc1ccccc1)C1=CCO1. The molecule has 1 aromatic carbocycles. The van der Waals surface area contributed by atoms with E-state index < -0.39 is 0 Å². The van der Waals surface area contributed by atoms with Gasteiger partial charge in [0.05, 0.1) is 0 Å². The standard InChI is InChI=1S/C10H9NO2/c12-10(9-6-7-13-9)11-8-4-2-1-3-5-8/h1-6H,7H2,(H,11,12). The normalized spacial score (nSPS) is 13.7. The molecule has 0 aromatic heterocycles. The molecule has 1 N–H and O–H groups in total. The molecule has 0 saturated heterocycles. The fourth-order valence-corrected chi connectivity index (χ4v) is 1.04. The molecule has 3 nitrogen and oxygen atoms in total. The van der Waals surface area contributed by atoms with Gasteiger partial charge < -0.3 is 10.1 Å². The quantitative estimate of drug-likeness (QED) is 0.740. The van der Waals surface area contributed by atoms with E-state index in [1.54, 1.807) is 6.08 Å². The first kappa shape index (κ1) is 7.86. The van der Waals surface area contributed by atoms with E-state index in [4.69, 9.17) is 4.74 Å². The summed E-state index contributed by atoms with van der Waals surface area (Å²) in [4.78, 5) is 11.3. The van der Waals surface area contributed by atoms with Crippen LogP contribution in [0.5, 0.6) is 0 Å². The first-order valence-electron chi connectivity index (χ1n) is 4.05. The number of carbonyl (C=O) groups excluding carboxylic acids is 1. The molecule has 0 radical (unpaired) electrons. The van der Waals surface area contributed by atoms with Crippen molar-refractivity contribution in [3.63, 3.8) is 0 Å². The molecule has 66 valence electrons. The van der Waals surface area contributed by atoms with Gasteiger partial charge in [0, 0.05) is 11.8 Å². The van der Waals surface area contributed by atoms with Gasteiger partial charge in [-0.05, 0) is 12.1 Å². The van der Waals surface area contributed by atoms with E-state index in [0.717, 1.165) is 5.69 Å². The Kier molecular flexibility index (Phi) is 2.00. The summed E-state index contributed by atoms with van der Waals surface area (Å²) in [6.45, 7) is 0.539. The van der Waals surface area contributed by atoms with E-state index in [-0.39, 0.29) is 5.91 Å². The Morgan fingerprint density at radius 3 is 2.54 bits per heavy atom. The molecule has 0 fully saturated rings. The Bertz CT molecular complexity index is 343. The van der Waals surface area contributed by atoms with Crippen LogP contribution in [0.15, 0.2) is 42.2 Å². The molecule has 0 aliphatic carbocycles. The molecule has 2 rings (SSSR count). The lowest BCUT2D eigenvalue weighted by atomic mass is 10.3. The highest BCUT2D eigenvalue weighted by Gasteiger charge is 2.15. The van der Waals surface area contributed by atoms with Crippen LogP contribution in [0.2, 0.25) is 0 Å². The van der Waals surface area contributed by atoms with Crippen molar-refractivity contribution in [3.8, 4) is 0 Å². The van der Waals surface area contributed by atoms with Crippen molar-refractivity contribution in [2.24, 2.45) is 0 Å². The lowest BCUT2D eigenvalue weighted by Gasteiger charge is -2.15. The second-order valence-corrected chi connectivity index (χ2v) is 2.70. The van der Waals surface area contributed by atoms with Crippen LogP contribution in [0, 0.1) is 0 Å². The number of anilines is 1. The third-order valence-electron chi connectivity index (χ3n) is 1.76. The van der Waals surface area contributed by atoms with E-state index in [0.29, 0.717) is 12.4 Å². The number of para-hydroxylation sites is 1. The highest BCUT2D eigenvalue weighted by molar-refractivity contribution is 6.02. The minimum atomic E-state index is -0.183. The molecule has 1 aliphatic heterocycles. The molecule has 1 amide bonds. The van der Waals surface area contributed by atoms with Crippen LogP contribution in [-0.4, -0.2) is 12.5 Å². The lowest BCUT2D eigenvalue weighted by Crippen LogP contribution is -2.21. The van der Waals surface area contributed by atoms with Crippen molar-refractivity contribution in [1.82, 2.24) is 0 Å². The van der Waals surface area contributed by atoms with E-state index in [2.05, 4.69) is 5.32 Å². The Hall–Kier alpha value is -1.77. The van der Waals surface area contributed by atoms with E-state index >= 15 is 0 Å². The maximum Gasteiger partial charge on any atom is 0.290 e. The second kappa shape index (κ2) is 3.31. The minimum Gasteiger partial charge on any atom is -0.484 e. The van der Waals surface area contributed by atoms with E-state index in [1.165, 1.54) is 0 Å². The molecule has 0 unspecified atom stereocenters. The molecular weight excluding hydrogens is 166 g/mol. The smallest absolute Gasteiger partial charge is 0.290 e. The van der Waals surface area contributed by atoms with Crippen LogP contribution in [0.3, 0.4) is 0 Å². The van der Waals surface area contributed by atoms with Gasteiger partial charge in [0.2, 0.25) is 0 Å². The summed E-state index contributed by atoms with van der Waals surface area (Å²) in [6, 6.07) is 9.29. The largest absolute Gasteiger partial charge is 0.484 e. The van der Waals surface area contributed by atoms with Crippen LogP contribution in [0.4, 0.5) is 5.69 Å². The predicted octanol–water partition coefficient (Wildman–Crippen LogP) is 1.54. The first-order chi connectivity index (χ1) is 6.36. The van der Waals surface area contributed by atoms with Gasteiger partial charge in [0.15, 0.2) is 5.76 Å². The zero-order valence-corrected chi connectivity index (χ0v) is 6.99. The molecule has 0 bridgehead atoms. The second-order valence-electron chi connectivity index (χ2n) is 2.70. The number of carbonyl (C=O) groups is 1. The summed E-state index contributed by atoms with van der Waals surface area (Å²) in [7, 11) is 0. The minimum absolute atomic E-state index is 0.183. The third kappa shape index (κ3) is 1.69. The zero-order chi connectivity index (χ0) is 9.10. The fourth-order valence-electron chi connectivity index (χ4n) is 1.04. The van der Waals surface area contributed by atoms with Crippen molar-refractivity contribution < 1.29 is 9.53 Å². The number of hydrogen-bond donors (Lipinski definition) is 1. The number of ether oxygens (including phenoxy) is 1. The molecule has 0 spiro atoms. The zero-order valence-electron chi connectivity index (χ0n) is 6.99. The van der Waals surface area contributed by atoms with Gasteiger partial charge in [-0.1, -0.05) is 18.2 Å².